The van der Waals surface area contributed by atoms with Crippen LogP contribution in [-0.4, -0.2) is 60.4 Å². The van der Waals surface area contributed by atoms with Crippen molar-refractivity contribution in [1.29, 1.82) is 0 Å². The van der Waals surface area contributed by atoms with Crippen molar-refractivity contribution in [3.05, 3.63) is 24.0 Å². The third-order valence-electron chi connectivity index (χ3n) is 3.95. The van der Waals surface area contributed by atoms with Gasteiger partial charge in [0.1, 0.15) is 5.82 Å². The molecule has 0 aliphatic carbocycles. The van der Waals surface area contributed by atoms with Gasteiger partial charge in [0.15, 0.2) is 0 Å². The van der Waals surface area contributed by atoms with E-state index in [1.165, 1.54) is 13.0 Å². The zero-order chi connectivity index (χ0) is 17.7. The molecular formula is C17H25FN4O2. The lowest BCUT2D eigenvalue weighted by atomic mass is 10.2. The molecule has 0 aromatic heterocycles. The standard InChI is InChI=1S/C17H25FN4O2/c1-12(2)20-15-6-4-5-14(18)17(15)19-11-16(24)22-9-7-21(8-10-22)13(3)23/h4-6,12,19-20H,7-11H2,1-3H3. The highest BCUT2D eigenvalue weighted by atomic mass is 19.1. The van der Waals surface area contributed by atoms with Crippen molar-refractivity contribution in [3.63, 3.8) is 0 Å². The highest BCUT2D eigenvalue weighted by Crippen LogP contribution is 2.25. The fourth-order valence-electron chi connectivity index (χ4n) is 2.68. The first-order valence-corrected chi connectivity index (χ1v) is 8.20. The molecule has 0 atom stereocenters. The number of amides is 2. The van der Waals surface area contributed by atoms with E-state index in [0.717, 1.165) is 0 Å². The fraction of sp³-hybridized carbons (Fsp3) is 0.529. The topological polar surface area (TPSA) is 64.7 Å². The summed E-state index contributed by atoms with van der Waals surface area (Å²) >= 11 is 0. The maximum atomic E-state index is 14.1. The maximum Gasteiger partial charge on any atom is 0.241 e. The van der Waals surface area contributed by atoms with Crippen LogP contribution < -0.4 is 10.6 Å². The molecule has 7 heteroatoms. The fourth-order valence-corrected chi connectivity index (χ4v) is 2.68. The SMILES string of the molecule is CC(=O)N1CCN(C(=O)CNc2c(F)cccc2NC(C)C)CC1. The smallest absolute Gasteiger partial charge is 0.241 e. The molecule has 2 amide bonds. The summed E-state index contributed by atoms with van der Waals surface area (Å²) in [6.45, 7) is 7.59. The molecule has 1 fully saturated rings. The number of nitrogens with one attached hydrogen (secondary N) is 2. The number of hydrogen-bond donors (Lipinski definition) is 2. The number of anilines is 2. The average Bonchev–Trinajstić information content (AvgIpc) is 2.53. The molecule has 0 saturated carbocycles. The monoisotopic (exact) mass is 336 g/mol. The van der Waals surface area contributed by atoms with E-state index in [0.29, 0.717) is 37.6 Å². The van der Waals surface area contributed by atoms with E-state index in [9.17, 15) is 14.0 Å². The van der Waals surface area contributed by atoms with Gasteiger partial charge in [0, 0.05) is 39.1 Å². The van der Waals surface area contributed by atoms with Crippen molar-refractivity contribution < 1.29 is 14.0 Å². The molecule has 0 spiro atoms. The summed E-state index contributed by atoms with van der Waals surface area (Å²) in [7, 11) is 0. The first-order chi connectivity index (χ1) is 11.4. The highest BCUT2D eigenvalue weighted by Gasteiger charge is 2.22. The Labute approximate surface area is 142 Å². The van der Waals surface area contributed by atoms with E-state index in [2.05, 4.69) is 10.6 Å². The zero-order valence-corrected chi connectivity index (χ0v) is 14.4. The van der Waals surface area contributed by atoms with Crippen LogP contribution in [0.2, 0.25) is 0 Å². The molecule has 2 rings (SSSR count). The van der Waals surface area contributed by atoms with Gasteiger partial charge < -0.3 is 20.4 Å². The average molecular weight is 336 g/mol. The van der Waals surface area contributed by atoms with Gasteiger partial charge in [0.05, 0.1) is 17.9 Å². The minimum Gasteiger partial charge on any atom is -0.381 e. The van der Waals surface area contributed by atoms with Crippen LogP contribution >= 0.6 is 0 Å². The van der Waals surface area contributed by atoms with Gasteiger partial charge in [-0.2, -0.15) is 0 Å². The lowest BCUT2D eigenvalue weighted by molar-refractivity contribution is -0.137. The van der Waals surface area contributed by atoms with Gasteiger partial charge >= 0.3 is 0 Å². The van der Waals surface area contributed by atoms with Gasteiger partial charge in [-0.05, 0) is 26.0 Å². The Hall–Kier alpha value is -2.31. The molecule has 1 aliphatic heterocycles. The Morgan fingerprint density at radius 3 is 2.38 bits per heavy atom. The summed E-state index contributed by atoms with van der Waals surface area (Å²) in [5.74, 6) is -0.470. The summed E-state index contributed by atoms with van der Waals surface area (Å²) in [5, 5.41) is 6.07. The van der Waals surface area contributed by atoms with Gasteiger partial charge in [0.2, 0.25) is 11.8 Å². The van der Waals surface area contributed by atoms with Gasteiger partial charge in [-0.25, -0.2) is 4.39 Å². The minimum absolute atomic E-state index is 0.0216. The van der Waals surface area contributed by atoms with Crippen molar-refractivity contribution in [2.75, 3.05) is 43.4 Å². The van der Waals surface area contributed by atoms with Crippen LogP contribution in [-0.2, 0) is 9.59 Å². The molecule has 2 N–H and O–H groups in total. The Morgan fingerprint density at radius 2 is 1.79 bits per heavy atom. The van der Waals surface area contributed by atoms with Crippen LogP contribution in [0.1, 0.15) is 20.8 Å². The molecule has 1 heterocycles. The third kappa shape index (κ3) is 4.59. The quantitative estimate of drug-likeness (QED) is 0.860. The molecule has 132 valence electrons. The largest absolute Gasteiger partial charge is 0.381 e. The number of carbonyl (C=O) groups is 2. The van der Waals surface area contributed by atoms with Crippen molar-refractivity contribution in [2.24, 2.45) is 0 Å². The maximum absolute atomic E-state index is 14.1. The molecule has 0 bridgehead atoms. The number of nitrogens with zero attached hydrogens (tertiary/aromatic N) is 2. The van der Waals surface area contributed by atoms with Gasteiger partial charge in [0.25, 0.3) is 0 Å². The Balaban J connectivity index is 1.94. The Kier molecular flexibility index (Phi) is 6.00. The van der Waals surface area contributed by atoms with Crippen LogP contribution in [0.4, 0.5) is 15.8 Å². The van der Waals surface area contributed by atoms with E-state index >= 15 is 0 Å². The number of benzene rings is 1. The van der Waals surface area contributed by atoms with E-state index in [4.69, 9.17) is 0 Å². The second-order valence-electron chi connectivity index (χ2n) is 6.20. The van der Waals surface area contributed by atoms with Gasteiger partial charge in [-0.1, -0.05) is 6.07 Å². The molecule has 1 aromatic carbocycles. The van der Waals surface area contributed by atoms with E-state index in [1.807, 2.05) is 13.8 Å². The van der Waals surface area contributed by atoms with Gasteiger partial charge in [-0.15, -0.1) is 0 Å². The summed E-state index contributed by atoms with van der Waals surface area (Å²) in [6.07, 6.45) is 0. The molecular weight excluding hydrogens is 311 g/mol. The van der Waals surface area contributed by atoms with Crippen LogP contribution in [0.25, 0.3) is 0 Å². The molecule has 1 aliphatic rings. The zero-order valence-electron chi connectivity index (χ0n) is 14.4. The predicted octanol–water partition coefficient (Wildman–Crippen LogP) is 1.75. The summed E-state index contributed by atoms with van der Waals surface area (Å²) in [6, 6.07) is 4.93. The molecule has 0 radical (unpaired) electrons. The van der Waals surface area contributed by atoms with Crippen LogP contribution in [0.3, 0.4) is 0 Å². The minimum atomic E-state index is -0.394. The second-order valence-corrected chi connectivity index (χ2v) is 6.20. The number of para-hydroxylation sites is 1. The first-order valence-electron chi connectivity index (χ1n) is 8.20. The van der Waals surface area contributed by atoms with Crippen molar-refractivity contribution in [1.82, 2.24) is 9.80 Å². The first kappa shape index (κ1) is 18.0. The molecule has 24 heavy (non-hydrogen) atoms. The van der Waals surface area contributed by atoms with Crippen LogP contribution in [0.15, 0.2) is 18.2 Å². The summed E-state index contributed by atoms with van der Waals surface area (Å²) in [5.41, 5.74) is 0.945. The highest BCUT2D eigenvalue weighted by molar-refractivity contribution is 5.83. The summed E-state index contributed by atoms with van der Waals surface area (Å²) < 4.78 is 14.1. The summed E-state index contributed by atoms with van der Waals surface area (Å²) in [4.78, 5) is 27.0. The van der Waals surface area contributed by atoms with Crippen molar-refractivity contribution in [2.45, 2.75) is 26.8 Å². The Bertz CT molecular complexity index is 598. The number of halogens is 1. The number of rotatable bonds is 5. The molecule has 6 nitrogen and oxygen atoms in total. The van der Waals surface area contributed by atoms with Crippen LogP contribution in [0.5, 0.6) is 0 Å². The molecule has 1 aromatic rings. The number of hydrogen-bond acceptors (Lipinski definition) is 4. The number of carbonyl (C=O) groups excluding carboxylic acids is 2. The predicted molar refractivity (Wildman–Crippen MR) is 92.5 cm³/mol. The van der Waals surface area contributed by atoms with E-state index in [1.54, 1.807) is 21.9 Å². The normalized spacial score (nSPS) is 14.7. The molecule has 0 unspecified atom stereocenters. The molecule has 1 saturated heterocycles. The third-order valence-corrected chi connectivity index (χ3v) is 3.95. The van der Waals surface area contributed by atoms with E-state index in [-0.39, 0.29) is 24.4 Å². The van der Waals surface area contributed by atoms with Crippen LogP contribution in [0, 0.1) is 5.82 Å². The number of piperazine rings is 1. The second kappa shape index (κ2) is 7.99. The lowest BCUT2D eigenvalue weighted by Gasteiger charge is -2.34. The van der Waals surface area contributed by atoms with Crippen molar-refractivity contribution in [3.8, 4) is 0 Å². The van der Waals surface area contributed by atoms with E-state index < -0.39 is 5.82 Å². The lowest BCUT2D eigenvalue weighted by Crippen LogP contribution is -2.51. The Morgan fingerprint density at radius 1 is 1.17 bits per heavy atom. The van der Waals surface area contributed by atoms with Gasteiger partial charge in [-0.3, -0.25) is 9.59 Å². The van der Waals surface area contributed by atoms with Crippen molar-refractivity contribution >= 4 is 23.2 Å².